The number of anilines is 1. The molecule has 0 atom stereocenters. The predicted molar refractivity (Wildman–Crippen MR) is 105 cm³/mol. The van der Waals surface area contributed by atoms with E-state index >= 15 is 0 Å². The average molecular weight is 343 g/mol. The van der Waals surface area contributed by atoms with Gasteiger partial charge in [0.05, 0.1) is 6.10 Å². The van der Waals surface area contributed by atoms with E-state index in [1.54, 1.807) is 0 Å². The molecule has 2 N–H and O–H groups in total. The maximum atomic E-state index is 9.70. The van der Waals surface area contributed by atoms with Crippen LogP contribution in [-0.4, -0.2) is 11.1 Å². The van der Waals surface area contributed by atoms with Crippen molar-refractivity contribution < 1.29 is 4.74 Å². The van der Waals surface area contributed by atoms with Gasteiger partial charge in [0.25, 0.3) is 0 Å². The molecule has 130 valence electrons. The number of nitrogens with zero attached hydrogens (tertiary/aromatic N) is 2. The second-order valence-corrected chi connectivity index (χ2v) is 6.38. The van der Waals surface area contributed by atoms with Crippen molar-refractivity contribution in [2.24, 2.45) is 0 Å². The van der Waals surface area contributed by atoms with E-state index in [1.165, 1.54) is 0 Å². The molecule has 2 aromatic carbocycles. The lowest BCUT2D eigenvalue weighted by Gasteiger charge is -2.17. The van der Waals surface area contributed by atoms with Crippen molar-refractivity contribution in [3.8, 4) is 34.1 Å². The molecule has 0 saturated carbocycles. The van der Waals surface area contributed by atoms with E-state index in [4.69, 9.17) is 10.5 Å². The molecule has 0 fully saturated rings. The van der Waals surface area contributed by atoms with Crippen LogP contribution >= 0.6 is 0 Å². The van der Waals surface area contributed by atoms with Crippen LogP contribution in [0.25, 0.3) is 22.3 Å². The molecule has 4 heteroatoms. The maximum absolute atomic E-state index is 9.70. The molecule has 0 unspecified atom stereocenters. The molecule has 1 aromatic heterocycles. The van der Waals surface area contributed by atoms with Crippen molar-refractivity contribution in [1.82, 2.24) is 4.98 Å². The van der Waals surface area contributed by atoms with Gasteiger partial charge in [-0.05, 0) is 44.0 Å². The molecule has 0 radical (unpaired) electrons. The van der Waals surface area contributed by atoms with Gasteiger partial charge in [-0.3, -0.25) is 0 Å². The second-order valence-electron chi connectivity index (χ2n) is 6.38. The first-order valence-corrected chi connectivity index (χ1v) is 8.54. The fourth-order valence-electron chi connectivity index (χ4n) is 3.06. The molecule has 3 rings (SSSR count). The number of nitrogens with two attached hydrogens (primary N) is 1. The third kappa shape index (κ3) is 3.38. The van der Waals surface area contributed by atoms with Crippen molar-refractivity contribution >= 4 is 5.82 Å². The van der Waals surface area contributed by atoms with Gasteiger partial charge >= 0.3 is 0 Å². The molecule has 0 aliphatic rings. The summed E-state index contributed by atoms with van der Waals surface area (Å²) in [6.45, 7) is 5.89. The number of pyridine rings is 1. The summed E-state index contributed by atoms with van der Waals surface area (Å²) in [6, 6.07) is 19.9. The first-order valence-electron chi connectivity index (χ1n) is 8.54. The number of nitrogen functional groups attached to an aromatic ring is 1. The smallest absolute Gasteiger partial charge is 0.142 e. The zero-order valence-corrected chi connectivity index (χ0v) is 15.2. The first-order chi connectivity index (χ1) is 12.5. The number of nitriles is 1. The summed E-state index contributed by atoms with van der Waals surface area (Å²) in [6.07, 6.45) is 0.106. The first kappa shape index (κ1) is 17.5. The minimum absolute atomic E-state index is 0.106. The van der Waals surface area contributed by atoms with Gasteiger partial charge in [0.2, 0.25) is 0 Å². The summed E-state index contributed by atoms with van der Waals surface area (Å²) in [7, 11) is 0. The standard InChI is InChI=1S/C22H21N3O/c1-14(2)26-18-11-9-17(10-12-18)21-19(13-23)22(24)25-15(3)20(21)16-7-5-4-6-8-16/h4-12,14H,1-3H3,(H2,24,25). The number of hydrogen-bond acceptors (Lipinski definition) is 4. The van der Waals surface area contributed by atoms with Gasteiger partial charge in [-0.25, -0.2) is 4.98 Å². The summed E-state index contributed by atoms with van der Waals surface area (Å²) >= 11 is 0. The molecule has 3 aromatic rings. The molecule has 0 aliphatic heterocycles. The molecule has 4 nitrogen and oxygen atoms in total. The highest BCUT2D eigenvalue weighted by Crippen LogP contribution is 2.39. The molecule has 0 saturated heterocycles. The minimum Gasteiger partial charge on any atom is -0.491 e. The van der Waals surface area contributed by atoms with E-state index in [9.17, 15) is 5.26 Å². The predicted octanol–water partition coefficient (Wildman–Crippen LogP) is 4.97. The monoisotopic (exact) mass is 343 g/mol. The van der Waals surface area contributed by atoms with Crippen molar-refractivity contribution in [2.45, 2.75) is 26.9 Å². The van der Waals surface area contributed by atoms with Crippen LogP contribution in [0.1, 0.15) is 25.1 Å². The van der Waals surface area contributed by atoms with Gasteiger partial charge in [-0.2, -0.15) is 5.26 Å². The summed E-state index contributed by atoms with van der Waals surface area (Å²) < 4.78 is 5.72. The Hall–Kier alpha value is -3.32. The Kier molecular flexibility index (Phi) is 4.90. The summed E-state index contributed by atoms with van der Waals surface area (Å²) in [5, 5.41) is 9.70. The lowest BCUT2D eigenvalue weighted by molar-refractivity contribution is 0.242. The number of ether oxygens (including phenoxy) is 1. The number of aryl methyl sites for hydroxylation is 1. The van der Waals surface area contributed by atoms with Gasteiger partial charge < -0.3 is 10.5 Å². The highest BCUT2D eigenvalue weighted by molar-refractivity contribution is 5.91. The second kappa shape index (κ2) is 7.28. The lowest BCUT2D eigenvalue weighted by Crippen LogP contribution is -2.05. The Morgan fingerprint density at radius 3 is 2.15 bits per heavy atom. The Labute approximate surface area is 153 Å². The quantitative estimate of drug-likeness (QED) is 0.726. The van der Waals surface area contributed by atoms with E-state index in [-0.39, 0.29) is 11.9 Å². The number of benzene rings is 2. The van der Waals surface area contributed by atoms with Crippen LogP contribution in [0.4, 0.5) is 5.82 Å². The zero-order chi connectivity index (χ0) is 18.7. The highest BCUT2D eigenvalue weighted by Gasteiger charge is 2.19. The minimum atomic E-state index is 0.106. The van der Waals surface area contributed by atoms with Crippen LogP contribution in [0.3, 0.4) is 0 Å². The van der Waals surface area contributed by atoms with E-state index in [2.05, 4.69) is 11.1 Å². The van der Waals surface area contributed by atoms with Crippen LogP contribution in [0, 0.1) is 18.3 Å². The third-order valence-electron chi connectivity index (χ3n) is 4.10. The van der Waals surface area contributed by atoms with E-state index in [0.29, 0.717) is 5.56 Å². The molecule has 0 spiro atoms. The fourth-order valence-corrected chi connectivity index (χ4v) is 3.06. The van der Waals surface area contributed by atoms with Gasteiger partial charge in [-0.1, -0.05) is 42.5 Å². The van der Waals surface area contributed by atoms with Crippen LogP contribution < -0.4 is 10.5 Å². The molecular weight excluding hydrogens is 322 g/mol. The Morgan fingerprint density at radius 2 is 1.58 bits per heavy atom. The van der Waals surface area contributed by atoms with Crippen molar-refractivity contribution in [2.75, 3.05) is 5.73 Å². The van der Waals surface area contributed by atoms with E-state index < -0.39 is 0 Å². The summed E-state index contributed by atoms with van der Waals surface area (Å²) in [4.78, 5) is 4.39. The summed E-state index contributed by atoms with van der Waals surface area (Å²) in [5.41, 5.74) is 10.9. The molecular formula is C22H21N3O. The zero-order valence-electron chi connectivity index (χ0n) is 15.2. The van der Waals surface area contributed by atoms with Crippen molar-refractivity contribution in [1.29, 1.82) is 5.26 Å². The largest absolute Gasteiger partial charge is 0.491 e. The fraction of sp³-hybridized carbons (Fsp3) is 0.182. The summed E-state index contributed by atoms with van der Waals surface area (Å²) in [5.74, 6) is 1.05. The topological polar surface area (TPSA) is 71.9 Å². The van der Waals surface area contributed by atoms with Gasteiger partial charge in [0.1, 0.15) is 23.2 Å². The lowest BCUT2D eigenvalue weighted by atomic mass is 9.90. The molecule has 0 amide bonds. The van der Waals surface area contributed by atoms with E-state index in [0.717, 1.165) is 33.7 Å². The molecule has 0 bridgehead atoms. The van der Waals surface area contributed by atoms with Crippen LogP contribution in [0.2, 0.25) is 0 Å². The van der Waals surface area contributed by atoms with Crippen LogP contribution in [-0.2, 0) is 0 Å². The molecule has 1 heterocycles. The normalized spacial score (nSPS) is 10.6. The SMILES string of the molecule is Cc1nc(N)c(C#N)c(-c2ccc(OC(C)C)cc2)c1-c1ccccc1. The van der Waals surface area contributed by atoms with Crippen LogP contribution in [0.15, 0.2) is 54.6 Å². The Balaban J connectivity index is 2.24. The molecule has 0 aliphatic carbocycles. The molecule has 26 heavy (non-hydrogen) atoms. The number of aromatic nitrogens is 1. The van der Waals surface area contributed by atoms with Crippen molar-refractivity contribution in [3.05, 3.63) is 65.9 Å². The third-order valence-corrected chi connectivity index (χ3v) is 4.10. The van der Waals surface area contributed by atoms with Gasteiger partial charge in [-0.15, -0.1) is 0 Å². The van der Waals surface area contributed by atoms with Gasteiger partial charge in [0, 0.05) is 16.8 Å². The number of hydrogen-bond donors (Lipinski definition) is 1. The average Bonchev–Trinajstić information content (AvgIpc) is 2.62. The Morgan fingerprint density at radius 1 is 0.962 bits per heavy atom. The van der Waals surface area contributed by atoms with E-state index in [1.807, 2.05) is 75.4 Å². The number of rotatable bonds is 4. The van der Waals surface area contributed by atoms with Gasteiger partial charge in [0.15, 0.2) is 0 Å². The highest BCUT2D eigenvalue weighted by atomic mass is 16.5. The van der Waals surface area contributed by atoms with Crippen molar-refractivity contribution in [3.63, 3.8) is 0 Å². The van der Waals surface area contributed by atoms with Crippen LogP contribution in [0.5, 0.6) is 5.75 Å². The Bertz CT molecular complexity index is 955. The maximum Gasteiger partial charge on any atom is 0.142 e.